The summed E-state index contributed by atoms with van der Waals surface area (Å²) in [5.74, 6) is 2.71. The molecule has 14 heteroatoms. The number of fused-ring (bicyclic) bond motifs is 3. The van der Waals surface area contributed by atoms with E-state index in [0.29, 0.717) is 0 Å². The predicted octanol–water partition coefficient (Wildman–Crippen LogP) is 5.67. The van der Waals surface area contributed by atoms with Crippen molar-refractivity contribution in [1.29, 1.82) is 0 Å². The molecule has 302 valence electrons. The number of benzene rings is 6. The average molecular weight is 955 g/mol. The maximum absolute atomic E-state index is 8.64. The van der Waals surface area contributed by atoms with E-state index in [0.717, 1.165) is 36.9 Å². The molecule has 0 unspecified atom stereocenters. The summed E-state index contributed by atoms with van der Waals surface area (Å²) in [4.78, 5) is 0. The molecule has 0 atom stereocenters. The first-order chi connectivity index (χ1) is 28.6. The quantitative estimate of drug-likeness (QED) is 0.135. The van der Waals surface area contributed by atoms with Crippen molar-refractivity contribution in [3.63, 3.8) is 0 Å². The van der Waals surface area contributed by atoms with Crippen LogP contribution in [-0.4, -0.2) is 41.4 Å². The molecule has 0 spiro atoms. The van der Waals surface area contributed by atoms with Gasteiger partial charge in [0.1, 0.15) is 31.3 Å². The van der Waals surface area contributed by atoms with Gasteiger partial charge in [0, 0.05) is 34.9 Å². The number of ether oxygens (including phenoxy) is 3. The molecule has 0 saturated carbocycles. The van der Waals surface area contributed by atoms with Gasteiger partial charge >= 0.3 is 33.2 Å². The molecule has 59 heavy (non-hydrogen) atoms. The first-order valence-electron chi connectivity index (χ1n) is 18.3. The molecule has 3 aromatic heterocycles. The summed E-state index contributed by atoms with van der Waals surface area (Å²) < 4.78 is 60.9. The first kappa shape index (κ1) is 43.5. The molecule has 0 aliphatic rings. The van der Waals surface area contributed by atoms with Crippen LogP contribution >= 0.6 is 34.0 Å². The zero-order valence-corrected chi connectivity index (χ0v) is 37.6. The van der Waals surface area contributed by atoms with E-state index in [1.807, 2.05) is 36.4 Å². The Labute approximate surface area is 360 Å². The summed E-state index contributed by atoms with van der Waals surface area (Å²) in [6.07, 6.45) is 0. The van der Waals surface area contributed by atoms with Crippen LogP contribution < -0.4 is 38.1 Å². The number of hydrogen-bond acceptors (Lipinski definition) is 10. The van der Waals surface area contributed by atoms with E-state index < -0.39 is 20.1 Å². The van der Waals surface area contributed by atoms with Gasteiger partial charge in [0.25, 0.3) is 0 Å². The fraction of sp³-hybridized carbons (Fsp3) is 0.133. The Balaban J connectivity index is 0.000000141. The van der Waals surface area contributed by atoms with E-state index in [1.54, 1.807) is 55.3 Å². The van der Waals surface area contributed by atoms with Gasteiger partial charge in [0.05, 0.1) is 21.3 Å². The van der Waals surface area contributed by atoms with E-state index in [2.05, 4.69) is 139 Å². The molecule has 9 rings (SSSR count). The minimum atomic E-state index is -6.10. The third-order valence-corrected chi connectivity index (χ3v) is 11.9. The molecule has 3 heterocycles. The van der Waals surface area contributed by atoms with E-state index >= 15 is 0 Å². The maximum atomic E-state index is 8.64. The number of hydrogen-bond donors (Lipinski definition) is 0. The van der Waals surface area contributed by atoms with E-state index in [1.165, 1.54) is 47.3 Å². The molecule has 10 nitrogen and oxygen atoms in total. The minimum absolute atomic E-state index is 0.897. The summed E-state index contributed by atoms with van der Waals surface area (Å²) in [7, 11) is 5.07. The van der Waals surface area contributed by atoms with E-state index in [4.69, 9.17) is 27.4 Å². The molecule has 0 aliphatic carbocycles. The van der Waals surface area contributed by atoms with Crippen LogP contribution in [0.15, 0.2) is 162 Å². The van der Waals surface area contributed by atoms with Crippen molar-refractivity contribution in [3.8, 4) is 17.2 Å². The molecule has 0 radical (unpaired) electrons. The molecule has 6 aromatic carbocycles. The van der Waals surface area contributed by atoms with Crippen molar-refractivity contribution >= 4 is 84.7 Å². The third kappa shape index (κ3) is 12.9. The van der Waals surface area contributed by atoms with Crippen molar-refractivity contribution in [2.75, 3.05) is 21.3 Å². The second-order valence-corrected chi connectivity index (χ2v) is 18.2. The SMILES string of the molecule is COc1ccc(C[n+]2csc3ccccc32)cc1.COc1ccc(C[n+]2csc3ccccc32)cc1.COc1ccc(C[n+]2csc3ccccc32)cc1.[O]=[Sb]([O-])([O-])[O-]. The standard InChI is InChI=1S/3C15H14NOS.4O.Sb/c3*1-17-13-8-6-12(7-9-13)10-16-11-18-15-5-3-2-4-14(15)16;;;;;/h3*2-9,11H,10H2,1H3;;;;;/q3*+1;;3*-1;. The Morgan fingerprint density at radius 3 is 0.898 bits per heavy atom. The van der Waals surface area contributed by atoms with Gasteiger partial charge in [0.2, 0.25) is 33.1 Å². The van der Waals surface area contributed by atoms with Gasteiger partial charge in [-0.3, -0.25) is 0 Å². The number of rotatable bonds is 9. The van der Waals surface area contributed by atoms with Crippen LogP contribution in [0.4, 0.5) is 0 Å². The molecule has 0 aliphatic heterocycles. The van der Waals surface area contributed by atoms with Crippen molar-refractivity contribution in [1.82, 2.24) is 0 Å². The molecule has 0 fully saturated rings. The fourth-order valence-electron chi connectivity index (χ4n) is 6.06. The molecule has 9 aromatic rings. The summed E-state index contributed by atoms with van der Waals surface area (Å²) in [5, 5.41) is 0. The Morgan fingerprint density at radius 2 is 0.661 bits per heavy atom. The van der Waals surface area contributed by atoms with Crippen molar-refractivity contribution in [2.45, 2.75) is 19.6 Å². The zero-order valence-electron chi connectivity index (χ0n) is 32.6. The number of methoxy groups -OCH3 is 3. The van der Waals surface area contributed by atoms with Gasteiger partial charge < -0.3 is 14.2 Å². The Kier molecular flexibility index (Phi) is 15.6. The van der Waals surface area contributed by atoms with Crippen LogP contribution in [0.3, 0.4) is 0 Å². The molecule has 0 bridgehead atoms. The first-order valence-corrected chi connectivity index (χ1v) is 25.1. The van der Waals surface area contributed by atoms with Gasteiger partial charge in [-0.25, -0.2) is 0 Å². The summed E-state index contributed by atoms with van der Waals surface area (Å²) >= 11 is -0.763. The van der Waals surface area contributed by atoms with Gasteiger partial charge in [0.15, 0.2) is 19.6 Å². The van der Waals surface area contributed by atoms with E-state index in [-0.39, 0.29) is 0 Å². The van der Waals surface area contributed by atoms with Crippen LogP contribution in [-0.2, 0) is 22.7 Å². The number of aromatic nitrogens is 3. The zero-order chi connectivity index (χ0) is 41.6. The average Bonchev–Trinajstić information content (AvgIpc) is 3.99. The fourth-order valence-corrected chi connectivity index (χ4v) is 8.74. The number of nitrogens with zero attached hydrogens (tertiary/aromatic N) is 3. The van der Waals surface area contributed by atoms with Crippen molar-refractivity contribution < 1.29 is 41.1 Å². The van der Waals surface area contributed by atoms with Gasteiger partial charge in [-0.2, -0.15) is 13.7 Å². The van der Waals surface area contributed by atoms with Crippen molar-refractivity contribution in [3.05, 3.63) is 179 Å². The summed E-state index contributed by atoms with van der Waals surface area (Å²) in [5.41, 5.74) is 14.2. The summed E-state index contributed by atoms with van der Waals surface area (Å²) in [6, 6.07) is 50.1. The molecular weight excluding hydrogens is 912 g/mol. The Bertz CT molecular complexity index is 2440. The van der Waals surface area contributed by atoms with E-state index in [9.17, 15) is 0 Å². The van der Waals surface area contributed by atoms with Crippen LogP contribution in [0.25, 0.3) is 30.6 Å². The molecule has 0 saturated heterocycles. The van der Waals surface area contributed by atoms with Crippen LogP contribution in [0, 0.1) is 0 Å². The number of thiazole rings is 3. The predicted molar refractivity (Wildman–Crippen MR) is 229 cm³/mol. The topological polar surface area (TPSA) is 126 Å². The Hall–Kier alpha value is -5.11. The van der Waals surface area contributed by atoms with Gasteiger partial charge in [-0.15, -0.1) is 0 Å². The molecular formula is C45H42N3O7S3Sb. The van der Waals surface area contributed by atoms with Crippen LogP contribution in [0.2, 0.25) is 0 Å². The summed E-state index contributed by atoms with van der Waals surface area (Å²) in [6.45, 7) is 2.69. The van der Waals surface area contributed by atoms with Crippen molar-refractivity contribution in [2.24, 2.45) is 0 Å². The third-order valence-electron chi connectivity index (χ3n) is 8.98. The second-order valence-electron chi connectivity index (χ2n) is 12.9. The second kappa shape index (κ2) is 21.2. The molecule has 0 amide bonds. The normalized spacial score (nSPS) is 10.8. The van der Waals surface area contributed by atoms with Crippen LogP contribution in [0.1, 0.15) is 16.7 Å². The van der Waals surface area contributed by atoms with Gasteiger partial charge in [-0.1, -0.05) is 70.4 Å². The Morgan fingerprint density at radius 1 is 0.424 bits per heavy atom. The molecule has 0 N–H and O–H groups in total. The van der Waals surface area contributed by atoms with Crippen LogP contribution in [0.5, 0.6) is 17.2 Å². The monoisotopic (exact) mass is 953 g/mol. The van der Waals surface area contributed by atoms with Gasteiger partial charge in [-0.05, 0) is 91.0 Å². The number of para-hydroxylation sites is 3.